The number of hydrogen-bond donors (Lipinski definition) is 1. The van der Waals surface area contributed by atoms with Crippen LogP contribution in [0.4, 0.5) is 0 Å². The Kier molecular flexibility index (Phi) is 31.1. The molecular weight excluding hydrogens is 781 g/mol. The van der Waals surface area contributed by atoms with Crippen LogP contribution < -0.4 is 4.89 Å². The van der Waals surface area contributed by atoms with Crippen molar-refractivity contribution in [3.05, 3.63) is 71.3 Å². The van der Waals surface area contributed by atoms with Crippen molar-refractivity contribution in [2.24, 2.45) is 0 Å². The Balaban J connectivity index is 2.37. The quantitative estimate of drug-likeness (QED) is 0.0226. The molecule has 0 fully saturated rings. The van der Waals surface area contributed by atoms with Gasteiger partial charge in [-0.2, -0.15) is 0 Å². The van der Waals surface area contributed by atoms with Gasteiger partial charge in [0.05, 0.1) is 33.9 Å². The van der Waals surface area contributed by atoms with Crippen LogP contribution >= 0.6 is 7.82 Å². The van der Waals surface area contributed by atoms with E-state index in [1.165, 1.54) is 24.0 Å². The minimum atomic E-state index is -4.66. The third-order valence-corrected chi connectivity index (χ3v) is 11.2. The van der Waals surface area contributed by atoms with Crippen LogP contribution in [0.15, 0.2) is 53.0 Å². The molecule has 344 valence electrons. The van der Waals surface area contributed by atoms with Gasteiger partial charge in [0, 0.05) is 25.7 Å². The first kappa shape index (κ1) is 55.2. The van der Waals surface area contributed by atoms with Gasteiger partial charge in [-0.1, -0.05) is 101 Å². The van der Waals surface area contributed by atoms with Gasteiger partial charge in [-0.25, -0.2) is 0 Å². The second-order valence-electron chi connectivity index (χ2n) is 16.8. The van der Waals surface area contributed by atoms with Crippen LogP contribution in [0.2, 0.25) is 0 Å². The first-order valence-corrected chi connectivity index (χ1v) is 24.2. The molecule has 1 heterocycles. The second-order valence-corrected chi connectivity index (χ2v) is 18.2. The molecule has 60 heavy (non-hydrogen) atoms. The van der Waals surface area contributed by atoms with Gasteiger partial charge in [-0.15, -0.1) is 0 Å². The van der Waals surface area contributed by atoms with Crippen LogP contribution in [0.3, 0.4) is 0 Å². The highest BCUT2D eigenvalue weighted by Crippen LogP contribution is 2.38. The summed E-state index contributed by atoms with van der Waals surface area (Å²) >= 11 is 0. The monoisotopic (exact) mass is 864 g/mol. The standard InChI is InChI=1S/C48H82NO10P/c1-8-32-45-41(3)42(4)46(59-45)34-29-25-21-18-19-23-27-31-36-48(52)58-44(40-57-60(53,54)56-38-37-49(5,6)7)39-55-47(51)35-30-26-22-17-15-13-11-10-12-14-16-20-24-28-33-43(50)9-2/h11-14,17,20,22,24,43-44,50H,8-10,15-16,18-19,21,23,25-40H2,1-7H3/b13-11-,14-12-,22-17-,24-20-/t43-,44+/m0/s1. The number of aliphatic hydroxyl groups is 1. The number of likely N-dealkylation sites (N-methyl/N-ethyl adjacent to an activating group) is 1. The number of unbranched alkanes of at least 4 members (excludes halogenated alkanes) is 8. The summed E-state index contributed by atoms with van der Waals surface area (Å²) in [5.74, 6) is 1.33. The molecule has 1 rings (SSSR count). The van der Waals surface area contributed by atoms with Gasteiger partial charge < -0.3 is 37.4 Å². The van der Waals surface area contributed by atoms with E-state index in [4.69, 9.17) is 22.9 Å². The number of esters is 2. The number of hydrogen-bond acceptors (Lipinski definition) is 10. The lowest BCUT2D eigenvalue weighted by Crippen LogP contribution is -2.37. The van der Waals surface area contributed by atoms with Crippen molar-refractivity contribution < 1.29 is 51.6 Å². The fourth-order valence-corrected chi connectivity index (χ4v) is 6.93. The van der Waals surface area contributed by atoms with Crippen molar-refractivity contribution in [3.8, 4) is 0 Å². The summed E-state index contributed by atoms with van der Waals surface area (Å²) in [5, 5.41) is 9.57. The molecule has 0 aliphatic rings. The lowest BCUT2D eigenvalue weighted by atomic mass is 10.0. The number of rotatable bonds is 37. The topological polar surface area (TPSA) is 145 Å². The van der Waals surface area contributed by atoms with Gasteiger partial charge in [0.2, 0.25) is 0 Å². The minimum Gasteiger partial charge on any atom is -0.756 e. The van der Waals surface area contributed by atoms with Gasteiger partial charge in [-0.3, -0.25) is 14.2 Å². The molecule has 11 nitrogen and oxygen atoms in total. The maximum atomic E-state index is 12.7. The normalized spacial score (nSPS) is 14.5. The van der Waals surface area contributed by atoms with Crippen LogP contribution in [0, 0.1) is 13.8 Å². The summed E-state index contributed by atoms with van der Waals surface area (Å²) in [4.78, 5) is 37.6. The van der Waals surface area contributed by atoms with Crippen LogP contribution in [-0.2, 0) is 45.5 Å². The highest BCUT2D eigenvalue weighted by Gasteiger charge is 2.22. The Morgan fingerprint density at radius 1 is 0.717 bits per heavy atom. The number of ether oxygens (including phenoxy) is 2. The number of carbonyl (C=O) groups excluding carboxylic acids is 2. The molecule has 0 aliphatic heterocycles. The molecule has 0 amide bonds. The summed E-state index contributed by atoms with van der Waals surface area (Å²) < 4.78 is 40.0. The molecule has 1 aromatic heterocycles. The van der Waals surface area contributed by atoms with Crippen molar-refractivity contribution in [2.45, 2.75) is 175 Å². The molecule has 12 heteroatoms. The summed E-state index contributed by atoms with van der Waals surface area (Å²) in [6, 6.07) is 0. The third kappa shape index (κ3) is 30.3. The van der Waals surface area contributed by atoms with Crippen molar-refractivity contribution in [2.75, 3.05) is 47.5 Å². The van der Waals surface area contributed by atoms with Gasteiger partial charge in [0.15, 0.2) is 6.10 Å². The van der Waals surface area contributed by atoms with E-state index in [1.807, 2.05) is 34.1 Å². The Labute approximate surface area is 363 Å². The highest BCUT2D eigenvalue weighted by molar-refractivity contribution is 7.45. The van der Waals surface area contributed by atoms with E-state index in [-0.39, 0.29) is 32.2 Å². The predicted octanol–water partition coefficient (Wildman–Crippen LogP) is 10.7. The summed E-state index contributed by atoms with van der Waals surface area (Å²) in [5.41, 5.74) is 2.61. The van der Waals surface area contributed by atoms with Gasteiger partial charge >= 0.3 is 11.9 Å². The van der Waals surface area contributed by atoms with E-state index in [2.05, 4.69) is 63.3 Å². The molecule has 0 aromatic carbocycles. The SMILES string of the molecule is CCCc1oc(CCCCCCCCCCC(=O)O[C@H](COC(=O)CCC/C=C\C/C=C\C/C=C\C/C=C\CC[C@@H](O)CC)COP(=O)([O-])OCC[N+](C)(C)C)c(C)c1C. The fraction of sp³-hybridized carbons (Fsp3) is 0.708. The number of aryl methyl sites for hydroxylation is 2. The second kappa shape index (κ2) is 33.8. The molecule has 0 spiro atoms. The average molecular weight is 864 g/mol. The minimum absolute atomic E-state index is 0.0541. The molecule has 0 saturated carbocycles. The third-order valence-electron chi connectivity index (χ3n) is 10.2. The smallest absolute Gasteiger partial charge is 0.306 e. The van der Waals surface area contributed by atoms with E-state index in [1.54, 1.807) is 0 Å². The van der Waals surface area contributed by atoms with Crippen LogP contribution in [0.5, 0.6) is 0 Å². The van der Waals surface area contributed by atoms with E-state index < -0.39 is 32.5 Å². The number of nitrogens with zero attached hydrogens (tertiary/aromatic N) is 1. The van der Waals surface area contributed by atoms with Crippen molar-refractivity contribution in [3.63, 3.8) is 0 Å². The fourth-order valence-electron chi connectivity index (χ4n) is 6.20. The molecule has 0 saturated heterocycles. The molecule has 0 radical (unpaired) electrons. The Hall–Kier alpha value is -2.79. The predicted molar refractivity (Wildman–Crippen MR) is 240 cm³/mol. The Bertz CT molecular complexity index is 1460. The van der Waals surface area contributed by atoms with Gasteiger partial charge in [-0.05, 0) is 95.6 Å². The van der Waals surface area contributed by atoms with Crippen LogP contribution in [0.1, 0.15) is 158 Å². The molecule has 1 unspecified atom stereocenters. The molecule has 1 N–H and O–H groups in total. The maximum Gasteiger partial charge on any atom is 0.306 e. The summed E-state index contributed by atoms with van der Waals surface area (Å²) in [7, 11) is 1.09. The van der Waals surface area contributed by atoms with E-state index >= 15 is 0 Å². The molecule has 0 aliphatic carbocycles. The zero-order valence-corrected chi connectivity index (χ0v) is 39.4. The highest BCUT2D eigenvalue weighted by atomic mass is 31.2. The van der Waals surface area contributed by atoms with E-state index in [9.17, 15) is 24.2 Å². The summed E-state index contributed by atoms with van der Waals surface area (Å²) in [6.07, 6.45) is 33.6. The molecule has 3 atom stereocenters. The van der Waals surface area contributed by atoms with Gasteiger partial charge in [0.1, 0.15) is 31.3 Å². The summed E-state index contributed by atoms with van der Waals surface area (Å²) in [6.45, 7) is 8.07. The zero-order valence-electron chi connectivity index (χ0n) is 38.5. The molecule has 0 bridgehead atoms. The van der Waals surface area contributed by atoms with Crippen molar-refractivity contribution in [1.82, 2.24) is 0 Å². The first-order valence-electron chi connectivity index (χ1n) is 22.8. The molecule has 1 aromatic rings. The lowest BCUT2D eigenvalue weighted by Gasteiger charge is -2.28. The number of aliphatic hydroxyl groups excluding tert-OH is 1. The number of quaternary nitrogens is 1. The zero-order chi connectivity index (χ0) is 44.5. The Morgan fingerprint density at radius 2 is 1.25 bits per heavy atom. The van der Waals surface area contributed by atoms with E-state index in [0.717, 1.165) is 101 Å². The number of phosphoric acid groups is 1. The van der Waals surface area contributed by atoms with Crippen molar-refractivity contribution in [1.29, 1.82) is 0 Å². The van der Waals surface area contributed by atoms with Crippen LogP contribution in [0.25, 0.3) is 0 Å². The van der Waals surface area contributed by atoms with Gasteiger partial charge in [0.25, 0.3) is 7.82 Å². The Morgan fingerprint density at radius 3 is 1.83 bits per heavy atom. The number of phosphoric ester groups is 1. The first-order chi connectivity index (χ1) is 28.7. The average Bonchev–Trinajstić information content (AvgIpc) is 3.46. The van der Waals surface area contributed by atoms with Crippen molar-refractivity contribution >= 4 is 19.8 Å². The molecular formula is C48H82NO10P. The van der Waals surface area contributed by atoms with Crippen LogP contribution in [-0.4, -0.2) is 81.2 Å². The number of furan rings is 1. The van der Waals surface area contributed by atoms with E-state index in [0.29, 0.717) is 30.3 Å². The lowest BCUT2D eigenvalue weighted by molar-refractivity contribution is -0.870. The maximum absolute atomic E-state index is 12.7. The number of carbonyl (C=O) groups is 2. The largest absolute Gasteiger partial charge is 0.756 e. The number of allylic oxidation sites excluding steroid dienone is 8.